The molecule has 0 fully saturated rings. The number of carbonyl (C=O) groups is 2. The molecule has 0 aromatic carbocycles. The van der Waals surface area contributed by atoms with Gasteiger partial charge in [0.05, 0.1) is 6.54 Å². The van der Waals surface area contributed by atoms with Gasteiger partial charge in [0.15, 0.2) is 5.60 Å². The zero-order valence-electron chi connectivity index (χ0n) is 10.3. The van der Waals surface area contributed by atoms with E-state index in [1.807, 2.05) is 6.26 Å². The Hall–Kier alpha value is -0.950. The first kappa shape index (κ1) is 16.1. The van der Waals surface area contributed by atoms with Crippen LogP contribution in [0.5, 0.6) is 0 Å². The topological polar surface area (TPSA) is 98.7 Å². The number of hydrogen-bond donors (Lipinski definition) is 4. The Morgan fingerprint density at radius 3 is 2.47 bits per heavy atom. The SMILES string of the molecule is CSC(C)CCNC(=O)NCC(C)(O)C(=O)O. The maximum absolute atomic E-state index is 11.2. The van der Waals surface area contributed by atoms with Crippen LogP contribution in [-0.4, -0.2) is 52.4 Å². The lowest BCUT2D eigenvalue weighted by atomic mass is 10.1. The zero-order chi connectivity index (χ0) is 13.5. The summed E-state index contributed by atoms with van der Waals surface area (Å²) in [6.07, 6.45) is 2.83. The number of aliphatic carboxylic acids is 1. The molecule has 2 unspecified atom stereocenters. The molecule has 0 heterocycles. The van der Waals surface area contributed by atoms with E-state index >= 15 is 0 Å². The maximum Gasteiger partial charge on any atom is 0.337 e. The molecule has 7 heteroatoms. The normalized spacial score (nSPS) is 15.8. The molecule has 17 heavy (non-hydrogen) atoms. The predicted octanol–water partition coefficient (Wildman–Crippen LogP) is 0.263. The molecular weight excluding hydrogens is 244 g/mol. The van der Waals surface area contributed by atoms with Crippen LogP contribution in [0.4, 0.5) is 4.79 Å². The molecule has 2 amide bonds. The lowest BCUT2D eigenvalue weighted by Gasteiger charge is -2.18. The average molecular weight is 264 g/mol. The second-order valence-corrected chi connectivity index (χ2v) is 5.30. The number of thioether (sulfide) groups is 1. The molecule has 0 spiro atoms. The standard InChI is InChI=1S/C10H20N2O4S/c1-7(17-3)4-5-11-9(15)12-6-10(2,16)8(13)14/h7,16H,4-6H2,1-3H3,(H,13,14)(H2,11,12,15). The number of carboxylic acids is 1. The molecule has 0 aliphatic rings. The van der Waals surface area contributed by atoms with Gasteiger partial charge in [0, 0.05) is 11.8 Å². The Labute approximate surface area is 105 Å². The molecule has 0 aliphatic heterocycles. The van der Waals surface area contributed by atoms with Crippen molar-refractivity contribution < 1.29 is 19.8 Å². The number of nitrogens with one attached hydrogen (secondary N) is 2. The molecule has 4 N–H and O–H groups in total. The van der Waals surface area contributed by atoms with Crippen molar-refractivity contribution in [2.24, 2.45) is 0 Å². The van der Waals surface area contributed by atoms with E-state index in [1.165, 1.54) is 0 Å². The summed E-state index contributed by atoms with van der Waals surface area (Å²) in [4.78, 5) is 21.8. The monoisotopic (exact) mass is 264 g/mol. The molecule has 0 bridgehead atoms. The number of hydrogen-bond acceptors (Lipinski definition) is 4. The summed E-state index contributed by atoms with van der Waals surface area (Å²) in [5.74, 6) is -1.37. The summed E-state index contributed by atoms with van der Waals surface area (Å²) in [6.45, 7) is 3.38. The number of rotatable bonds is 7. The van der Waals surface area contributed by atoms with Gasteiger partial charge in [-0.25, -0.2) is 9.59 Å². The van der Waals surface area contributed by atoms with Crippen molar-refractivity contribution in [3.05, 3.63) is 0 Å². The van der Waals surface area contributed by atoms with Crippen molar-refractivity contribution in [1.29, 1.82) is 0 Å². The Balaban J connectivity index is 3.77. The second-order valence-electron chi connectivity index (χ2n) is 4.02. The van der Waals surface area contributed by atoms with Crippen molar-refractivity contribution in [3.8, 4) is 0 Å². The van der Waals surface area contributed by atoms with Gasteiger partial charge in [-0.2, -0.15) is 11.8 Å². The summed E-state index contributed by atoms with van der Waals surface area (Å²) < 4.78 is 0. The van der Waals surface area contributed by atoms with E-state index < -0.39 is 17.6 Å². The van der Waals surface area contributed by atoms with Gasteiger partial charge in [-0.1, -0.05) is 6.92 Å². The van der Waals surface area contributed by atoms with Gasteiger partial charge in [0.2, 0.25) is 0 Å². The Morgan fingerprint density at radius 1 is 1.41 bits per heavy atom. The molecule has 0 rings (SSSR count). The fourth-order valence-corrected chi connectivity index (χ4v) is 1.25. The number of urea groups is 1. The minimum absolute atomic E-state index is 0.327. The van der Waals surface area contributed by atoms with Crippen LogP contribution in [0.15, 0.2) is 0 Å². The van der Waals surface area contributed by atoms with Gasteiger partial charge in [0.25, 0.3) is 0 Å². The van der Waals surface area contributed by atoms with E-state index in [4.69, 9.17) is 5.11 Å². The van der Waals surface area contributed by atoms with Crippen molar-refractivity contribution in [2.75, 3.05) is 19.3 Å². The minimum Gasteiger partial charge on any atom is -0.479 e. The van der Waals surface area contributed by atoms with Crippen LogP contribution in [0.25, 0.3) is 0 Å². The Kier molecular flexibility index (Phi) is 6.98. The van der Waals surface area contributed by atoms with Gasteiger partial charge in [0.1, 0.15) is 0 Å². The maximum atomic E-state index is 11.2. The molecule has 0 saturated heterocycles. The highest BCUT2D eigenvalue weighted by molar-refractivity contribution is 7.99. The summed E-state index contributed by atoms with van der Waals surface area (Å²) in [5, 5.41) is 23.3. The van der Waals surface area contributed by atoms with E-state index in [-0.39, 0.29) is 6.54 Å². The number of carbonyl (C=O) groups excluding carboxylic acids is 1. The highest BCUT2D eigenvalue weighted by atomic mass is 32.2. The molecule has 0 aliphatic carbocycles. The summed E-state index contributed by atoms with van der Waals surface area (Å²) in [7, 11) is 0. The largest absolute Gasteiger partial charge is 0.479 e. The first-order valence-electron chi connectivity index (χ1n) is 5.30. The van der Waals surface area contributed by atoms with Crippen molar-refractivity contribution >= 4 is 23.8 Å². The summed E-state index contributed by atoms with van der Waals surface area (Å²) >= 11 is 1.71. The first-order valence-corrected chi connectivity index (χ1v) is 6.58. The Morgan fingerprint density at radius 2 is 2.00 bits per heavy atom. The third-order valence-electron chi connectivity index (χ3n) is 2.29. The molecule has 6 nitrogen and oxygen atoms in total. The van der Waals surface area contributed by atoms with Crippen LogP contribution in [0.3, 0.4) is 0 Å². The highest BCUT2D eigenvalue weighted by Gasteiger charge is 2.30. The number of aliphatic hydroxyl groups is 1. The van der Waals surface area contributed by atoms with Gasteiger partial charge < -0.3 is 20.8 Å². The molecular formula is C10H20N2O4S. The van der Waals surface area contributed by atoms with Crippen LogP contribution < -0.4 is 10.6 Å². The van der Waals surface area contributed by atoms with Gasteiger partial charge in [-0.05, 0) is 19.6 Å². The minimum atomic E-state index is -1.94. The van der Waals surface area contributed by atoms with Crippen LogP contribution in [0, 0.1) is 0 Å². The van der Waals surface area contributed by atoms with E-state index in [0.29, 0.717) is 11.8 Å². The molecule has 2 atom stereocenters. The quantitative estimate of drug-likeness (QED) is 0.529. The van der Waals surface area contributed by atoms with E-state index in [2.05, 4.69) is 17.6 Å². The fourth-order valence-electron chi connectivity index (χ4n) is 0.897. The van der Waals surface area contributed by atoms with E-state index in [0.717, 1.165) is 13.3 Å². The molecule has 0 radical (unpaired) electrons. The lowest BCUT2D eigenvalue weighted by molar-refractivity contribution is -0.155. The third-order valence-corrected chi connectivity index (χ3v) is 3.33. The van der Waals surface area contributed by atoms with Gasteiger partial charge in [-0.15, -0.1) is 0 Å². The van der Waals surface area contributed by atoms with E-state index in [1.54, 1.807) is 11.8 Å². The summed E-state index contributed by atoms with van der Waals surface area (Å²) in [5.41, 5.74) is -1.94. The van der Waals surface area contributed by atoms with Crippen LogP contribution >= 0.6 is 11.8 Å². The van der Waals surface area contributed by atoms with Crippen LogP contribution in [0.1, 0.15) is 20.3 Å². The van der Waals surface area contributed by atoms with Gasteiger partial charge >= 0.3 is 12.0 Å². The molecule has 100 valence electrons. The fraction of sp³-hybridized carbons (Fsp3) is 0.800. The molecule has 0 saturated carbocycles. The molecule has 0 aromatic heterocycles. The van der Waals surface area contributed by atoms with Crippen LogP contribution in [0.2, 0.25) is 0 Å². The number of amides is 2. The number of carboxylic acid groups (broad SMARTS) is 1. The average Bonchev–Trinajstić information content (AvgIpc) is 2.26. The first-order chi connectivity index (χ1) is 7.79. The third kappa shape index (κ3) is 7.06. The second kappa shape index (κ2) is 7.39. The summed E-state index contributed by atoms with van der Waals surface area (Å²) in [6, 6.07) is -0.472. The lowest BCUT2D eigenvalue weighted by Crippen LogP contribution is -2.49. The van der Waals surface area contributed by atoms with Crippen molar-refractivity contribution in [1.82, 2.24) is 10.6 Å². The predicted molar refractivity (Wildman–Crippen MR) is 67.3 cm³/mol. The molecule has 0 aromatic rings. The Bertz CT molecular complexity index is 271. The van der Waals surface area contributed by atoms with Gasteiger partial charge in [-0.3, -0.25) is 0 Å². The zero-order valence-corrected chi connectivity index (χ0v) is 11.1. The van der Waals surface area contributed by atoms with E-state index in [9.17, 15) is 14.7 Å². The van der Waals surface area contributed by atoms with Crippen LogP contribution in [-0.2, 0) is 4.79 Å². The van der Waals surface area contributed by atoms with Crippen molar-refractivity contribution in [2.45, 2.75) is 31.1 Å². The van der Waals surface area contributed by atoms with Crippen molar-refractivity contribution in [3.63, 3.8) is 0 Å². The smallest absolute Gasteiger partial charge is 0.337 e. The highest BCUT2D eigenvalue weighted by Crippen LogP contribution is 2.07.